The highest BCUT2D eigenvalue weighted by Crippen LogP contribution is 2.31. The van der Waals surface area contributed by atoms with Crippen LogP contribution in [0, 0.1) is 0 Å². The predicted molar refractivity (Wildman–Crippen MR) is 92.9 cm³/mol. The van der Waals surface area contributed by atoms with Gasteiger partial charge in [0.1, 0.15) is 5.75 Å². The summed E-state index contributed by atoms with van der Waals surface area (Å²) in [5.74, 6) is -0.441. The number of allylic oxidation sites excluding steroid dienone is 2. The molecule has 1 N–H and O–H groups in total. The lowest BCUT2D eigenvalue weighted by atomic mass is 9.96. The molecule has 0 aliphatic heterocycles. The van der Waals surface area contributed by atoms with Crippen LogP contribution < -0.4 is 4.74 Å². The average Bonchev–Trinajstić information content (AvgIpc) is 2.59. The maximum atomic E-state index is 12.7. The molecular weight excluding hydrogens is 345 g/mol. The molecule has 0 bridgehead atoms. The molecule has 26 heavy (non-hydrogen) atoms. The van der Waals surface area contributed by atoms with Gasteiger partial charge in [0.25, 0.3) is 0 Å². The molecule has 0 fully saturated rings. The van der Waals surface area contributed by atoms with E-state index < -0.39 is 17.7 Å². The first-order valence-electron chi connectivity index (χ1n) is 7.83. The quantitative estimate of drug-likeness (QED) is 0.569. The molecule has 0 aromatic heterocycles. The molecule has 136 valence electrons. The third-order valence-electron chi connectivity index (χ3n) is 3.50. The minimum Gasteiger partial charge on any atom is -0.494 e. The van der Waals surface area contributed by atoms with E-state index in [0.29, 0.717) is 23.5 Å². The zero-order valence-corrected chi connectivity index (χ0v) is 14.0. The van der Waals surface area contributed by atoms with E-state index in [1.807, 2.05) is 6.92 Å². The molecule has 2 rings (SSSR count). The molecule has 0 aliphatic carbocycles. The molecule has 0 atom stereocenters. The first kappa shape index (κ1) is 19.3. The summed E-state index contributed by atoms with van der Waals surface area (Å²) >= 11 is 0. The molecule has 0 amide bonds. The Kier molecular flexibility index (Phi) is 6.22. The van der Waals surface area contributed by atoms with Crippen molar-refractivity contribution in [2.24, 2.45) is 0 Å². The van der Waals surface area contributed by atoms with Gasteiger partial charge < -0.3 is 9.84 Å². The predicted octanol–water partition coefficient (Wildman–Crippen LogP) is 5.18. The third kappa shape index (κ3) is 5.24. The highest BCUT2D eigenvalue weighted by Gasteiger charge is 2.30. The van der Waals surface area contributed by atoms with Crippen LogP contribution >= 0.6 is 0 Å². The lowest BCUT2D eigenvalue weighted by molar-refractivity contribution is -0.137. The Bertz CT molecular complexity index is 802. The van der Waals surface area contributed by atoms with Crippen molar-refractivity contribution in [1.29, 1.82) is 0 Å². The second-order valence-corrected chi connectivity index (χ2v) is 5.31. The number of carbonyl (C=O) groups is 1. The van der Waals surface area contributed by atoms with E-state index in [1.165, 1.54) is 18.2 Å². The molecular formula is C20H17F3O3. The van der Waals surface area contributed by atoms with E-state index in [4.69, 9.17) is 9.84 Å². The van der Waals surface area contributed by atoms with Gasteiger partial charge in [-0.2, -0.15) is 13.2 Å². The SMILES string of the molecule is CCOc1ccc(/C(=C\C=C\C(=O)O)c2ccc(C(F)(F)F)cc2)cc1. The van der Waals surface area contributed by atoms with Crippen LogP contribution in [-0.4, -0.2) is 17.7 Å². The van der Waals surface area contributed by atoms with Crippen LogP contribution in [0.2, 0.25) is 0 Å². The average molecular weight is 362 g/mol. The van der Waals surface area contributed by atoms with Gasteiger partial charge in [0.15, 0.2) is 0 Å². The van der Waals surface area contributed by atoms with Crippen LogP contribution in [0.1, 0.15) is 23.6 Å². The zero-order valence-electron chi connectivity index (χ0n) is 14.0. The molecule has 6 heteroatoms. The number of alkyl halides is 3. The van der Waals surface area contributed by atoms with Gasteiger partial charge in [0, 0.05) is 6.08 Å². The van der Waals surface area contributed by atoms with Gasteiger partial charge in [0.2, 0.25) is 0 Å². The van der Waals surface area contributed by atoms with E-state index in [0.717, 1.165) is 23.8 Å². The minimum absolute atomic E-state index is 0.516. The van der Waals surface area contributed by atoms with Crippen molar-refractivity contribution in [1.82, 2.24) is 0 Å². The summed E-state index contributed by atoms with van der Waals surface area (Å²) in [6.07, 6.45) is -0.568. The van der Waals surface area contributed by atoms with Gasteiger partial charge in [-0.25, -0.2) is 4.79 Å². The highest BCUT2D eigenvalue weighted by molar-refractivity contribution is 5.84. The largest absolute Gasteiger partial charge is 0.494 e. The standard InChI is InChI=1S/C20H17F3O3/c1-2-26-17-12-8-15(9-13-17)18(4-3-5-19(24)25)14-6-10-16(11-7-14)20(21,22)23/h3-13H,2H2,1H3,(H,24,25)/b5-3+,18-4-. The fourth-order valence-electron chi connectivity index (χ4n) is 2.32. The molecule has 2 aromatic carbocycles. The summed E-state index contributed by atoms with van der Waals surface area (Å²) < 4.78 is 43.6. The van der Waals surface area contributed by atoms with Crippen LogP contribution in [0.4, 0.5) is 13.2 Å². The van der Waals surface area contributed by atoms with Gasteiger partial charge in [-0.05, 0) is 47.9 Å². The summed E-state index contributed by atoms with van der Waals surface area (Å²) in [7, 11) is 0. The van der Waals surface area contributed by atoms with Crippen LogP contribution in [0.3, 0.4) is 0 Å². The van der Waals surface area contributed by atoms with Gasteiger partial charge in [-0.15, -0.1) is 0 Å². The number of carboxylic acids is 1. The molecule has 0 spiro atoms. The smallest absolute Gasteiger partial charge is 0.416 e. The highest BCUT2D eigenvalue weighted by atomic mass is 19.4. The lowest BCUT2D eigenvalue weighted by Gasteiger charge is -2.11. The van der Waals surface area contributed by atoms with Crippen molar-refractivity contribution < 1.29 is 27.8 Å². The number of hydrogen-bond donors (Lipinski definition) is 1. The first-order chi connectivity index (χ1) is 12.3. The van der Waals surface area contributed by atoms with Crippen LogP contribution in [0.25, 0.3) is 5.57 Å². The van der Waals surface area contributed by atoms with Crippen molar-refractivity contribution in [2.45, 2.75) is 13.1 Å². The molecule has 3 nitrogen and oxygen atoms in total. The first-order valence-corrected chi connectivity index (χ1v) is 7.83. The molecule has 0 heterocycles. The third-order valence-corrected chi connectivity index (χ3v) is 3.50. The van der Waals surface area contributed by atoms with Crippen molar-refractivity contribution in [3.8, 4) is 5.75 Å². The van der Waals surface area contributed by atoms with Crippen LogP contribution in [-0.2, 0) is 11.0 Å². The number of halogens is 3. The van der Waals surface area contributed by atoms with E-state index in [1.54, 1.807) is 30.3 Å². The summed E-state index contributed by atoms with van der Waals surface area (Å²) in [5.41, 5.74) is 1.12. The van der Waals surface area contributed by atoms with E-state index >= 15 is 0 Å². The number of ether oxygens (including phenoxy) is 1. The molecule has 0 saturated heterocycles. The Morgan fingerprint density at radius 2 is 1.58 bits per heavy atom. The topological polar surface area (TPSA) is 46.5 Å². The second kappa shape index (κ2) is 8.38. The Morgan fingerprint density at radius 3 is 2.04 bits per heavy atom. The fourth-order valence-corrected chi connectivity index (χ4v) is 2.32. The second-order valence-electron chi connectivity index (χ2n) is 5.31. The molecule has 0 aliphatic rings. The summed E-state index contributed by atoms with van der Waals surface area (Å²) in [5, 5.41) is 8.73. The van der Waals surface area contributed by atoms with Crippen molar-refractivity contribution in [3.05, 3.63) is 83.4 Å². The lowest BCUT2D eigenvalue weighted by Crippen LogP contribution is -2.04. The van der Waals surface area contributed by atoms with E-state index in [9.17, 15) is 18.0 Å². The van der Waals surface area contributed by atoms with Crippen molar-refractivity contribution in [3.63, 3.8) is 0 Å². The van der Waals surface area contributed by atoms with E-state index in [-0.39, 0.29) is 0 Å². The number of carboxylic acid groups (broad SMARTS) is 1. The van der Waals surface area contributed by atoms with Gasteiger partial charge in [0.05, 0.1) is 12.2 Å². The summed E-state index contributed by atoms with van der Waals surface area (Å²) in [6, 6.07) is 11.7. The molecule has 2 aromatic rings. The van der Waals surface area contributed by atoms with Crippen molar-refractivity contribution in [2.75, 3.05) is 6.61 Å². The van der Waals surface area contributed by atoms with Crippen LogP contribution in [0.5, 0.6) is 5.75 Å². The molecule has 0 unspecified atom stereocenters. The summed E-state index contributed by atoms with van der Waals surface area (Å²) in [4.78, 5) is 10.7. The Labute approximate surface area is 149 Å². The number of rotatable bonds is 6. The minimum atomic E-state index is -4.41. The Morgan fingerprint density at radius 1 is 1.04 bits per heavy atom. The monoisotopic (exact) mass is 362 g/mol. The van der Waals surface area contributed by atoms with Gasteiger partial charge in [-0.1, -0.05) is 36.4 Å². The zero-order chi connectivity index (χ0) is 19.2. The summed E-state index contributed by atoms with van der Waals surface area (Å²) in [6.45, 7) is 2.38. The Balaban J connectivity index is 2.42. The normalized spacial score (nSPS) is 12.4. The number of benzene rings is 2. The number of aliphatic carboxylic acids is 1. The van der Waals surface area contributed by atoms with Crippen LogP contribution in [0.15, 0.2) is 66.8 Å². The number of hydrogen-bond acceptors (Lipinski definition) is 2. The van der Waals surface area contributed by atoms with E-state index in [2.05, 4.69) is 0 Å². The van der Waals surface area contributed by atoms with Gasteiger partial charge >= 0.3 is 12.1 Å². The maximum absolute atomic E-state index is 12.7. The fraction of sp³-hybridized carbons (Fsp3) is 0.150. The molecule has 0 radical (unpaired) electrons. The Hall–Kier alpha value is -3.02. The van der Waals surface area contributed by atoms with Gasteiger partial charge in [-0.3, -0.25) is 0 Å². The van der Waals surface area contributed by atoms with Crippen molar-refractivity contribution >= 4 is 11.5 Å². The maximum Gasteiger partial charge on any atom is 0.416 e. The molecule has 0 saturated carbocycles.